The Morgan fingerprint density at radius 3 is 2.74 bits per heavy atom. The third-order valence-corrected chi connectivity index (χ3v) is 5.98. The Bertz CT molecular complexity index is 776. The molecule has 1 aliphatic carbocycles. The number of aliphatic hydroxyl groups excluding tert-OH is 1. The molecule has 0 bridgehead atoms. The van der Waals surface area contributed by atoms with Gasteiger partial charge in [-0.3, -0.25) is 4.98 Å². The van der Waals surface area contributed by atoms with Gasteiger partial charge in [-0.05, 0) is 54.2 Å². The first-order chi connectivity index (χ1) is 11.1. The highest BCUT2D eigenvalue weighted by molar-refractivity contribution is 7.89. The van der Waals surface area contributed by atoms with Gasteiger partial charge in [-0.1, -0.05) is 12.1 Å². The average Bonchev–Trinajstić information content (AvgIpc) is 3.03. The Hall–Kier alpha value is -1.76. The summed E-state index contributed by atoms with van der Waals surface area (Å²) in [6, 6.07) is 8.97. The van der Waals surface area contributed by atoms with Gasteiger partial charge in [-0.15, -0.1) is 0 Å². The van der Waals surface area contributed by atoms with E-state index in [9.17, 15) is 13.5 Å². The van der Waals surface area contributed by atoms with Crippen LogP contribution in [0.1, 0.15) is 23.1 Å². The highest BCUT2D eigenvalue weighted by Gasteiger charge is 2.25. The second-order valence-electron chi connectivity index (χ2n) is 5.71. The van der Waals surface area contributed by atoms with E-state index in [1.54, 1.807) is 30.6 Å². The van der Waals surface area contributed by atoms with E-state index >= 15 is 0 Å². The third kappa shape index (κ3) is 3.44. The highest BCUT2D eigenvalue weighted by Crippen LogP contribution is 2.26. The fraction of sp³-hybridized carbons (Fsp3) is 0.353. The first kappa shape index (κ1) is 16.1. The van der Waals surface area contributed by atoms with Gasteiger partial charge in [-0.2, -0.15) is 4.31 Å². The Morgan fingerprint density at radius 2 is 2.00 bits per heavy atom. The van der Waals surface area contributed by atoms with E-state index in [1.807, 2.05) is 12.1 Å². The molecule has 0 amide bonds. The molecule has 1 N–H and O–H groups in total. The van der Waals surface area contributed by atoms with Crippen LogP contribution in [0.4, 0.5) is 0 Å². The molecule has 1 aromatic heterocycles. The molecule has 0 spiro atoms. The van der Waals surface area contributed by atoms with Crippen LogP contribution in [-0.4, -0.2) is 36.0 Å². The number of aliphatic hydroxyl groups is 1. The predicted octanol–water partition coefficient (Wildman–Crippen LogP) is 1.75. The van der Waals surface area contributed by atoms with Crippen molar-refractivity contribution in [3.63, 3.8) is 0 Å². The van der Waals surface area contributed by atoms with Crippen molar-refractivity contribution in [1.29, 1.82) is 0 Å². The van der Waals surface area contributed by atoms with Crippen LogP contribution in [0, 0.1) is 0 Å². The van der Waals surface area contributed by atoms with Crippen LogP contribution < -0.4 is 0 Å². The number of hydrogen-bond donors (Lipinski definition) is 1. The smallest absolute Gasteiger partial charge is 0.243 e. The van der Waals surface area contributed by atoms with E-state index < -0.39 is 10.0 Å². The van der Waals surface area contributed by atoms with E-state index in [0.29, 0.717) is 4.90 Å². The monoisotopic (exact) mass is 332 g/mol. The van der Waals surface area contributed by atoms with Crippen LogP contribution in [0.2, 0.25) is 0 Å². The molecule has 3 rings (SSSR count). The van der Waals surface area contributed by atoms with E-state index in [-0.39, 0.29) is 19.7 Å². The molecule has 0 radical (unpaired) electrons. The Balaban J connectivity index is 1.91. The number of nitrogens with zero attached hydrogens (tertiary/aromatic N) is 2. The summed E-state index contributed by atoms with van der Waals surface area (Å²) in [6.07, 6.45) is 6.32. The molecule has 0 unspecified atom stereocenters. The van der Waals surface area contributed by atoms with Crippen molar-refractivity contribution in [1.82, 2.24) is 9.29 Å². The van der Waals surface area contributed by atoms with Crippen molar-refractivity contribution in [2.24, 2.45) is 0 Å². The fourth-order valence-electron chi connectivity index (χ4n) is 2.95. The van der Waals surface area contributed by atoms with Crippen molar-refractivity contribution < 1.29 is 13.5 Å². The molecule has 1 heterocycles. The first-order valence-electron chi connectivity index (χ1n) is 7.73. The van der Waals surface area contributed by atoms with Gasteiger partial charge >= 0.3 is 0 Å². The lowest BCUT2D eigenvalue weighted by Crippen LogP contribution is -2.33. The molecule has 2 aromatic rings. The highest BCUT2D eigenvalue weighted by atomic mass is 32.2. The fourth-order valence-corrected chi connectivity index (χ4v) is 4.42. The summed E-state index contributed by atoms with van der Waals surface area (Å²) in [4.78, 5) is 4.32. The standard InChI is InChI=1S/C17H20N2O3S/c20-10-9-19(13-14-3-2-8-18-12-14)23(21,22)17-7-6-15-4-1-5-16(15)11-17/h2-3,6-8,11-12,20H,1,4-5,9-10,13H2. The number of pyridine rings is 1. The van der Waals surface area contributed by atoms with Crippen molar-refractivity contribution in [3.8, 4) is 0 Å². The molecule has 0 fully saturated rings. The molecular weight excluding hydrogens is 312 g/mol. The van der Waals surface area contributed by atoms with Crippen LogP contribution in [0.15, 0.2) is 47.6 Å². The summed E-state index contributed by atoms with van der Waals surface area (Å²) >= 11 is 0. The van der Waals surface area contributed by atoms with Crippen LogP contribution in [-0.2, 0) is 29.4 Å². The quantitative estimate of drug-likeness (QED) is 0.875. The van der Waals surface area contributed by atoms with E-state index in [1.165, 1.54) is 9.87 Å². The SMILES string of the molecule is O=S(=O)(c1ccc2c(c1)CCC2)N(CCO)Cc1cccnc1. The van der Waals surface area contributed by atoms with Gasteiger partial charge in [0.2, 0.25) is 10.0 Å². The summed E-state index contributed by atoms with van der Waals surface area (Å²) in [6.45, 7) is 0.0482. The molecule has 1 aromatic carbocycles. The second-order valence-corrected chi connectivity index (χ2v) is 7.65. The van der Waals surface area contributed by atoms with Gasteiger partial charge in [0, 0.05) is 25.5 Å². The molecule has 0 saturated carbocycles. The zero-order valence-corrected chi connectivity index (χ0v) is 13.7. The van der Waals surface area contributed by atoms with Gasteiger partial charge in [0.25, 0.3) is 0 Å². The Morgan fingerprint density at radius 1 is 1.17 bits per heavy atom. The molecule has 122 valence electrons. The lowest BCUT2D eigenvalue weighted by atomic mass is 10.1. The topological polar surface area (TPSA) is 70.5 Å². The van der Waals surface area contributed by atoms with E-state index in [4.69, 9.17) is 0 Å². The first-order valence-corrected chi connectivity index (χ1v) is 9.17. The minimum atomic E-state index is -3.64. The number of fused-ring (bicyclic) bond motifs is 1. The number of aryl methyl sites for hydroxylation is 2. The van der Waals surface area contributed by atoms with E-state index in [0.717, 1.165) is 30.4 Å². The molecule has 6 heteroatoms. The van der Waals surface area contributed by atoms with Crippen LogP contribution in [0.25, 0.3) is 0 Å². The van der Waals surface area contributed by atoms with Gasteiger partial charge in [0.15, 0.2) is 0 Å². The maximum Gasteiger partial charge on any atom is 0.243 e. The number of rotatable bonds is 6. The molecule has 0 saturated heterocycles. The van der Waals surface area contributed by atoms with Gasteiger partial charge in [0.05, 0.1) is 11.5 Å². The molecule has 23 heavy (non-hydrogen) atoms. The zero-order valence-electron chi connectivity index (χ0n) is 12.9. The van der Waals surface area contributed by atoms with Gasteiger partial charge in [0.1, 0.15) is 0 Å². The van der Waals surface area contributed by atoms with Crippen LogP contribution in [0.5, 0.6) is 0 Å². The van der Waals surface area contributed by atoms with Gasteiger partial charge < -0.3 is 5.11 Å². The summed E-state index contributed by atoms with van der Waals surface area (Å²) < 4.78 is 27.1. The summed E-state index contributed by atoms with van der Waals surface area (Å²) in [5.74, 6) is 0. The van der Waals surface area contributed by atoms with Crippen molar-refractivity contribution in [3.05, 3.63) is 59.4 Å². The minimum absolute atomic E-state index is 0.0638. The molecule has 0 aliphatic heterocycles. The second kappa shape index (κ2) is 6.78. The largest absolute Gasteiger partial charge is 0.395 e. The molecular formula is C17H20N2O3S. The van der Waals surface area contributed by atoms with Gasteiger partial charge in [-0.25, -0.2) is 8.42 Å². The number of benzene rings is 1. The normalized spacial score (nSPS) is 14.2. The van der Waals surface area contributed by atoms with Crippen molar-refractivity contribution >= 4 is 10.0 Å². The number of sulfonamides is 1. The predicted molar refractivity (Wildman–Crippen MR) is 87.4 cm³/mol. The van der Waals surface area contributed by atoms with Crippen LogP contribution in [0.3, 0.4) is 0 Å². The Kier molecular flexibility index (Phi) is 4.75. The number of aromatic nitrogens is 1. The van der Waals surface area contributed by atoms with E-state index in [2.05, 4.69) is 4.98 Å². The number of hydrogen-bond acceptors (Lipinski definition) is 4. The zero-order chi connectivity index (χ0) is 16.3. The summed E-state index contributed by atoms with van der Waals surface area (Å²) in [5.41, 5.74) is 3.16. The molecule has 5 nitrogen and oxygen atoms in total. The van der Waals surface area contributed by atoms with Crippen molar-refractivity contribution in [2.45, 2.75) is 30.7 Å². The minimum Gasteiger partial charge on any atom is -0.395 e. The Labute approximate surface area is 136 Å². The molecule has 0 atom stereocenters. The molecule has 1 aliphatic rings. The summed E-state index contributed by atoms with van der Waals surface area (Å²) in [5, 5.41) is 9.26. The van der Waals surface area contributed by atoms with Crippen LogP contribution >= 0.6 is 0 Å². The summed E-state index contributed by atoms with van der Waals surface area (Å²) in [7, 11) is -3.64. The third-order valence-electron chi connectivity index (χ3n) is 4.14. The lowest BCUT2D eigenvalue weighted by Gasteiger charge is -2.21. The van der Waals surface area contributed by atoms with Crippen molar-refractivity contribution in [2.75, 3.05) is 13.2 Å². The maximum atomic E-state index is 12.9. The average molecular weight is 332 g/mol. The lowest BCUT2D eigenvalue weighted by molar-refractivity contribution is 0.251. The maximum absolute atomic E-state index is 12.9.